The van der Waals surface area contributed by atoms with E-state index < -0.39 is 0 Å². The van der Waals surface area contributed by atoms with Gasteiger partial charge in [-0.3, -0.25) is 4.79 Å². The Morgan fingerprint density at radius 2 is 2.43 bits per heavy atom. The van der Waals surface area contributed by atoms with Crippen LogP contribution in [0.25, 0.3) is 0 Å². The highest BCUT2D eigenvalue weighted by molar-refractivity contribution is 8.04. The summed E-state index contributed by atoms with van der Waals surface area (Å²) in [5.74, 6) is 0.238. The maximum Gasteiger partial charge on any atom is 0.160 e. The molecular formula is C11H15NOS. The van der Waals surface area contributed by atoms with E-state index in [1.54, 1.807) is 17.8 Å². The van der Waals surface area contributed by atoms with E-state index in [-0.39, 0.29) is 5.78 Å². The lowest BCUT2D eigenvalue weighted by Gasteiger charge is -2.23. The zero-order chi connectivity index (χ0) is 10.1. The largest absolute Gasteiger partial charge is 0.359 e. The molecule has 2 nitrogen and oxygen atoms in total. The Bertz CT molecular complexity index is 319. The van der Waals surface area contributed by atoms with Gasteiger partial charge in [-0.1, -0.05) is 24.8 Å². The third kappa shape index (κ3) is 1.61. The molecule has 76 valence electrons. The summed E-state index contributed by atoms with van der Waals surface area (Å²) in [7, 11) is 0. The van der Waals surface area contributed by atoms with E-state index in [0.29, 0.717) is 11.8 Å². The molecule has 0 N–H and O–H groups in total. The minimum absolute atomic E-state index is 0.238. The summed E-state index contributed by atoms with van der Waals surface area (Å²) < 4.78 is 0. The number of ketones is 1. The van der Waals surface area contributed by atoms with Crippen LogP contribution in [0.1, 0.15) is 26.7 Å². The summed E-state index contributed by atoms with van der Waals surface area (Å²) in [5, 5.41) is 0.485. The fourth-order valence-corrected chi connectivity index (χ4v) is 3.15. The van der Waals surface area contributed by atoms with E-state index >= 15 is 0 Å². The highest BCUT2D eigenvalue weighted by atomic mass is 32.2. The van der Waals surface area contributed by atoms with Crippen LogP contribution in [0.4, 0.5) is 0 Å². The Morgan fingerprint density at radius 3 is 3.14 bits per heavy atom. The predicted octanol–water partition coefficient (Wildman–Crippen LogP) is 2.53. The van der Waals surface area contributed by atoms with Gasteiger partial charge in [0.25, 0.3) is 0 Å². The van der Waals surface area contributed by atoms with E-state index in [9.17, 15) is 4.79 Å². The van der Waals surface area contributed by atoms with Crippen LogP contribution in [0.15, 0.2) is 22.8 Å². The topological polar surface area (TPSA) is 20.3 Å². The number of thioether (sulfide) groups is 1. The summed E-state index contributed by atoms with van der Waals surface area (Å²) in [6, 6.07) is 0. The Morgan fingerprint density at radius 1 is 1.64 bits per heavy atom. The van der Waals surface area contributed by atoms with Gasteiger partial charge in [0, 0.05) is 23.6 Å². The van der Waals surface area contributed by atoms with Crippen LogP contribution in [0.3, 0.4) is 0 Å². The first kappa shape index (κ1) is 9.84. The predicted molar refractivity (Wildman–Crippen MR) is 59.8 cm³/mol. The van der Waals surface area contributed by atoms with Crippen molar-refractivity contribution in [3.05, 3.63) is 22.8 Å². The Hall–Kier alpha value is -0.700. The smallest absolute Gasteiger partial charge is 0.160 e. The van der Waals surface area contributed by atoms with Crippen molar-refractivity contribution in [1.82, 2.24) is 4.90 Å². The minimum Gasteiger partial charge on any atom is -0.359 e. The molecular weight excluding hydrogens is 194 g/mol. The van der Waals surface area contributed by atoms with Crippen LogP contribution >= 0.6 is 11.8 Å². The van der Waals surface area contributed by atoms with Crippen LogP contribution in [-0.2, 0) is 4.79 Å². The van der Waals surface area contributed by atoms with Crippen LogP contribution in [0, 0.1) is 0 Å². The molecule has 0 radical (unpaired) electrons. The summed E-state index contributed by atoms with van der Waals surface area (Å²) in [4.78, 5) is 14.8. The van der Waals surface area contributed by atoms with Crippen molar-refractivity contribution in [2.45, 2.75) is 32.1 Å². The molecule has 14 heavy (non-hydrogen) atoms. The van der Waals surface area contributed by atoms with Crippen molar-refractivity contribution >= 4 is 17.5 Å². The second-order valence-electron chi connectivity index (χ2n) is 3.68. The highest BCUT2D eigenvalue weighted by Crippen LogP contribution is 2.43. The number of fused-ring (bicyclic) bond motifs is 1. The van der Waals surface area contributed by atoms with Gasteiger partial charge in [0.05, 0.1) is 5.37 Å². The van der Waals surface area contributed by atoms with Gasteiger partial charge in [-0.05, 0) is 19.4 Å². The number of carbonyl (C=O) groups is 1. The molecule has 1 heterocycles. The summed E-state index contributed by atoms with van der Waals surface area (Å²) in [5.41, 5.74) is 1.28. The number of rotatable bonds is 2. The van der Waals surface area contributed by atoms with Gasteiger partial charge in [0.15, 0.2) is 5.78 Å². The Labute approximate surface area is 89.0 Å². The molecule has 0 aromatic rings. The van der Waals surface area contributed by atoms with Crippen LogP contribution < -0.4 is 0 Å². The van der Waals surface area contributed by atoms with Gasteiger partial charge in [-0.2, -0.15) is 0 Å². The van der Waals surface area contributed by atoms with E-state index in [2.05, 4.69) is 24.8 Å². The van der Waals surface area contributed by atoms with Crippen molar-refractivity contribution in [2.75, 3.05) is 6.54 Å². The molecule has 1 atom stereocenters. The zero-order valence-electron chi connectivity index (χ0n) is 8.62. The van der Waals surface area contributed by atoms with E-state index in [0.717, 1.165) is 13.0 Å². The lowest BCUT2D eigenvalue weighted by Crippen LogP contribution is -2.25. The van der Waals surface area contributed by atoms with Gasteiger partial charge in [0.2, 0.25) is 0 Å². The molecule has 1 aliphatic carbocycles. The molecule has 2 rings (SSSR count). The zero-order valence-corrected chi connectivity index (χ0v) is 9.43. The molecule has 1 aliphatic heterocycles. The molecule has 0 amide bonds. The monoisotopic (exact) mass is 209 g/mol. The number of hydrogen-bond donors (Lipinski definition) is 0. The maximum absolute atomic E-state index is 11.2. The quantitative estimate of drug-likeness (QED) is 0.697. The highest BCUT2D eigenvalue weighted by Gasteiger charge is 2.30. The Balaban J connectivity index is 2.24. The van der Waals surface area contributed by atoms with Crippen molar-refractivity contribution in [3.63, 3.8) is 0 Å². The van der Waals surface area contributed by atoms with Crippen LogP contribution in [-0.4, -0.2) is 22.6 Å². The second-order valence-corrected chi connectivity index (χ2v) is 5.04. The van der Waals surface area contributed by atoms with Gasteiger partial charge in [-0.15, -0.1) is 0 Å². The number of nitrogens with zero attached hydrogens (tertiary/aromatic N) is 1. The second kappa shape index (κ2) is 3.81. The number of carbonyl (C=O) groups excluding carboxylic acids is 1. The van der Waals surface area contributed by atoms with Crippen molar-refractivity contribution in [1.29, 1.82) is 0 Å². The fraction of sp³-hybridized carbons (Fsp3) is 0.545. The van der Waals surface area contributed by atoms with E-state index in [4.69, 9.17) is 0 Å². The van der Waals surface area contributed by atoms with Crippen molar-refractivity contribution in [3.8, 4) is 0 Å². The summed E-state index contributed by atoms with van der Waals surface area (Å²) in [6.45, 7) is 5.48. The molecule has 0 saturated carbocycles. The molecule has 0 spiro atoms. The first-order valence-corrected chi connectivity index (χ1v) is 5.98. The van der Waals surface area contributed by atoms with Gasteiger partial charge >= 0.3 is 0 Å². The summed E-state index contributed by atoms with van der Waals surface area (Å²) in [6.07, 6.45) is 5.60. The average molecular weight is 209 g/mol. The Kier molecular flexibility index (Phi) is 2.68. The first-order chi connectivity index (χ1) is 6.72. The number of allylic oxidation sites excluding steroid dienone is 2. The third-order valence-electron chi connectivity index (χ3n) is 2.55. The van der Waals surface area contributed by atoms with E-state index in [1.807, 2.05) is 0 Å². The van der Waals surface area contributed by atoms with Crippen LogP contribution in [0.5, 0.6) is 0 Å². The van der Waals surface area contributed by atoms with Gasteiger partial charge in [-0.25, -0.2) is 0 Å². The standard InChI is InChI=1S/C11H15NOS/c1-3-6-12-8(2)14-11-7-9(13)4-5-10(11)12/h5,7-8H,3-4,6H2,1-2H3. The fourth-order valence-electron chi connectivity index (χ4n) is 1.92. The average Bonchev–Trinajstić information content (AvgIpc) is 2.43. The number of hydrogen-bond acceptors (Lipinski definition) is 3. The maximum atomic E-state index is 11.2. The molecule has 2 aliphatic rings. The van der Waals surface area contributed by atoms with E-state index in [1.165, 1.54) is 10.6 Å². The van der Waals surface area contributed by atoms with Crippen LogP contribution in [0.2, 0.25) is 0 Å². The first-order valence-electron chi connectivity index (χ1n) is 5.10. The normalized spacial score (nSPS) is 26.0. The third-order valence-corrected chi connectivity index (χ3v) is 3.73. The minimum atomic E-state index is 0.238. The molecule has 0 aromatic carbocycles. The molecule has 3 heteroatoms. The molecule has 0 bridgehead atoms. The molecule has 1 fully saturated rings. The lowest BCUT2D eigenvalue weighted by atomic mass is 10.1. The molecule has 0 aromatic heterocycles. The SMILES string of the molecule is CCCN1C2=CCC(=O)C=C2SC1C. The van der Waals surface area contributed by atoms with Gasteiger partial charge in [0.1, 0.15) is 0 Å². The lowest BCUT2D eigenvalue weighted by molar-refractivity contribution is -0.114. The molecule has 1 unspecified atom stereocenters. The van der Waals surface area contributed by atoms with Crippen molar-refractivity contribution < 1.29 is 4.79 Å². The molecule has 1 saturated heterocycles. The van der Waals surface area contributed by atoms with Crippen molar-refractivity contribution in [2.24, 2.45) is 0 Å². The summed E-state index contributed by atoms with van der Waals surface area (Å²) >= 11 is 1.80. The van der Waals surface area contributed by atoms with Gasteiger partial charge < -0.3 is 4.90 Å².